The van der Waals surface area contributed by atoms with Crippen molar-refractivity contribution in [2.45, 2.75) is 26.0 Å². The maximum Gasteiger partial charge on any atom is 0.387 e. The third-order valence-electron chi connectivity index (χ3n) is 3.19. The highest BCUT2D eigenvalue weighted by Crippen LogP contribution is 2.28. The summed E-state index contributed by atoms with van der Waals surface area (Å²) in [5.41, 5.74) is 0.927. The zero-order valence-electron chi connectivity index (χ0n) is 12.3. The summed E-state index contributed by atoms with van der Waals surface area (Å²) in [6.45, 7) is -1.06. The molecule has 0 radical (unpaired) electrons. The van der Waals surface area contributed by atoms with Crippen molar-refractivity contribution in [3.63, 3.8) is 0 Å². The van der Waals surface area contributed by atoms with Crippen molar-refractivity contribution in [3.05, 3.63) is 47.8 Å². The number of nitrogens with zero attached hydrogens (tertiary/aromatic N) is 2. The van der Waals surface area contributed by atoms with E-state index >= 15 is 0 Å². The smallest absolute Gasteiger partial charge is 0.387 e. The van der Waals surface area contributed by atoms with Gasteiger partial charge in [0.2, 0.25) is 0 Å². The number of carbonyl (C=O) groups excluding carboxylic acids is 1. The van der Waals surface area contributed by atoms with Gasteiger partial charge in [-0.3, -0.25) is 9.48 Å². The van der Waals surface area contributed by atoms with E-state index in [-0.39, 0.29) is 11.7 Å². The lowest BCUT2D eigenvalue weighted by Crippen LogP contribution is -2.28. The van der Waals surface area contributed by atoms with Gasteiger partial charge in [-0.15, -0.1) is 0 Å². The number of ether oxygens (including phenoxy) is 1. The molecule has 0 saturated carbocycles. The van der Waals surface area contributed by atoms with Crippen molar-refractivity contribution in [3.8, 4) is 5.75 Å². The first-order valence-electron chi connectivity index (χ1n) is 6.84. The number of nitrogens with one attached hydrogen (secondary N) is 1. The second-order valence-electron chi connectivity index (χ2n) is 4.75. The fourth-order valence-electron chi connectivity index (χ4n) is 2.15. The van der Waals surface area contributed by atoms with Crippen LogP contribution in [0.15, 0.2) is 36.7 Å². The molecular formula is C15H17F2N3O2. The number of hydrogen-bond acceptors (Lipinski definition) is 3. The van der Waals surface area contributed by atoms with Gasteiger partial charge in [0.1, 0.15) is 5.75 Å². The van der Waals surface area contributed by atoms with Gasteiger partial charge >= 0.3 is 6.61 Å². The van der Waals surface area contributed by atoms with Crippen molar-refractivity contribution in [1.29, 1.82) is 0 Å². The van der Waals surface area contributed by atoms with Crippen LogP contribution < -0.4 is 10.1 Å². The molecule has 5 nitrogen and oxygen atoms in total. The van der Waals surface area contributed by atoms with Gasteiger partial charge < -0.3 is 10.1 Å². The summed E-state index contributed by atoms with van der Waals surface area (Å²) in [5, 5.41) is 6.74. The minimum Gasteiger partial charge on any atom is -0.434 e. The van der Waals surface area contributed by atoms with Crippen LogP contribution in [0.3, 0.4) is 0 Å². The molecule has 2 rings (SSSR count). The number of halogens is 2. The average molecular weight is 309 g/mol. The quantitative estimate of drug-likeness (QED) is 0.892. The molecule has 1 aromatic carbocycles. The number of rotatable bonds is 6. The highest BCUT2D eigenvalue weighted by atomic mass is 19.3. The Morgan fingerprint density at radius 3 is 2.73 bits per heavy atom. The number of benzene rings is 1. The molecule has 0 spiro atoms. The predicted octanol–water partition coefficient (Wildman–Crippen LogP) is 2.90. The van der Waals surface area contributed by atoms with E-state index in [1.807, 2.05) is 6.92 Å². The Hall–Kier alpha value is -2.44. The summed E-state index contributed by atoms with van der Waals surface area (Å²) in [7, 11) is 1.71. The van der Waals surface area contributed by atoms with E-state index in [1.54, 1.807) is 31.4 Å². The zero-order chi connectivity index (χ0) is 16.1. The van der Waals surface area contributed by atoms with Gasteiger partial charge in [-0.25, -0.2) is 0 Å². The maximum atomic E-state index is 12.5. The SMILES string of the molecule is CCC(NC(=O)c1cnn(C)c1)c1ccccc1OC(F)F. The third kappa shape index (κ3) is 3.81. The van der Waals surface area contributed by atoms with E-state index in [0.717, 1.165) is 0 Å². The maximum absolute atomic E-state index is 12.5. The standard InChI is InChI=1S/C15H17F2N3O2/c1-3-12(19-14(21)10-8-18-20(2)9-10)11-6-4-5-7-13(11)22-15(16)17/h4-9,12,15H,3H2,1-2H3,(H,19,21). The molecule has 118 valence electrons. The van der Waals surface area contributed by atoms with Gasteiger partial charge in [0.05, 0.1) is 17.8 Å². The van der Waals surface area contributed by atoms with Gasteiger partial charge in [0, 0.05) is 18.8 Å². The average Bonchev–Trinajstić information content (AvgIpc) is 2.91. The Morgan fingerprint density at radius 1 is 1.41 bits per heavy atom. The van der Waals surface area contributed by atoms with E-state index < -0.39 is 12.7 Å². The number of hydrogen-bond donors (Lipinski definition) is 1. The molecular weight excluding hydrogens is 292 g/mol. The van der Waals surface area contributed by atoms with Crippen LogP contribution in [-0.4, -0.2) is 22.3 Å². The van der Waals surface area contributed by atoms with Gasteiger partial charge in [-0.05, 0) is 12.5 Å². The largest absolute Gasteiger partial charge is 0.434 e. The first-order chi connectivity index (χ1) is 10.5. The number of amides is 1. The van der Waals surface area contributed by atoms with E-state index in [0.29, 0.717) is 17.5 Å². The molecule has 0 aliphatic heterocycles. The third-order valence-corrected chi connectivity index (χ3v) is 3.19. The number of aryl methyl sites for hydroxylation is 1. The van der Waals surface area contributed by atoms with Crippen LogP contribution in [-0.2, 0) is 7.05 Å². The predicted molar refractivity (Wildman–Crippen MR) is 76.8 cm³/mol. The van der Waals surface area contributed by atoms with Gasteiger partial charge in [-0.2, -0.15) is 13.9 Å². The van der Waals surface area contributed by atoms with Crippen LogP contribution in [0.2, 0.25) is 0 Å². The number of para-hydroxylation sites is 1. The van der Waals surface area contributed by atoms with E-state index in [1.165, 1.54) is 16.9 Å². The molecule has 1 aromatic heterocycles. The Morgan fingerprint density at radius 2 is 2.14 bits per heavy atom. The summed E-state index contributed by atoms with van der Waals surface area (Å²) in [4.78, 5) is 12.2. The Labute approximate surface area is 126 Å². The first-order valence-corrected chi connectivity index (χ1v) is 6.84. The van der Waals surface area contributed by atoms with E-state index in [2.05, 4.69) is 15.2 Å². The normalized spacial score (nSPS) is 12.2. The number of alkyl halides is 2. The molecule has 1 heterocycles. The minimum atomic E-state index is -2.91. The van der Waals surface area contributed by atoms with E-state index in [4.69, 9.17) is 0 Å². The van der Waals surface area contributed by atoms with Crippen molar-refractivity contribution in [2.24, 2.45) is 7.05 Å². The van der Waals surface area contributed by atoms with Gasteiger partial charge in [-0.1, -0.05) is 25.1 Å². The van der Waals surface area contributed by atoms with Crippen LogP contribution in [0.4, 0.5) is 8.78 Å². The molecule has 1 N–H and O–H groups in total. The fraction of sp³-hybridized carbons (Fsp3) is 0.333. The second-order valence-corrected chi connectivity index (χ2v) is 4.75. The molecule has 0 aliphatic rings. The van der Waals surface area contributed by atoms with Crippen molar-refractivity contribution in [2.75, 3.05) is 0 Å². The lowest BCUT2D eigenvalue weighted by molar-refractivity contribution is -0.0506. The Balaban J connectivity index is 2.19. The van der Waals surface area contributed by atoms with Crippen LogP contribution in [0.25, 0.3) is 0 Å². The first kappa shape index (κ1) is 15.9. The number of aromatic nitrogens is 2. The Bertz CT molecular complexity index is 643. The monoisotopic (exact) mass is 309 g/mol. The lowest BCUT2D eigenvalue weighted by Gasteiger charge is -2.20. The van der Waals surface area contributed by atoms with Crippen LogP contribution in [0.5, 0.6) is 5.75 Å². The molecule has 0 bridgehead atoms. The molecule has 0 fully saturated rings. The van der Waals surface area contributed by atoms with Crippen LogP contribution in [0, 0.1) is 0 Å². The van der Waals surface area contributed by atoms with Crippen LogP contribution in [0.1, 0.15) is 35.3 Å². The summed E-state index contributed by atoms with van der Waals surface area (Å²) in [5.74, 6) is -0.248. The minimum absolute atomic E-state index is 0.0656. The molecule has 2 aromatic rings. The second kappa shape index (κ2) is 7.02. The fourth-order valence-corrected chi connectivity index (χ4v) is 2.15. The summed E-state index contributed by atoms with van der Waals surface area (Å²) in [6, 6.07) is 6.02. The topological polar surface area (TPSA) is 56.2 Å². The molecule has 0 saturated heterocycles. The zero-order valence-corrected chi connectivity index (χ0v) is 12.3. The molecule has 22 heavy (non-hydrogen) atoms. The van der Waals surface area contributed by atoms with Crippen molar-refractivity contribution in [1.82, 2.24) is 15.1 Å². The number of carbonyl (C=O) groups is 1. The van der Waals surface area contributed by atoms with Gasteiger partial charge in [0.15, 0.2) is 0 Å². The molecule has 1 amide bonds. The van der Waals surface area contributed by atoms with Gasteiger partial charge in [0.25, 0.3) is 5.91 Å². The van der Waals surface area contributed by atoms with Crippen molar-refractivity contribution >= 4 is 5.91 Å². The summed E-state index contributed by atoms with van der Waals surface area (Å²) >= 11 is 0. The van der Waals surface area contributed by atoms with E-state index in [9.17, 15) is 13.6 Å². The Kier molecular flexibility index (Phi) is 5.08. The summed E-state index contributed by atoms with van der Waals surface area (Å²) < 4.78 is 31.0. The molecule has 1 atom stereocenters. The summed E-state index contributed by atoms with van der Waals surface area (Å²) in [6.07, 6.45) is 3.57. The molecule has 7 heteroatoms. The van der Waals surface area contributed by atoms with Crippen LogP contribution >= 0.6 is 0 Å². The highest BCUT2D eigenvalue weighted by molar-refractivity contribution is 5.94. The molecule has 1 unspecified atom stereocenters. The molecule has 0 aliphatic carbocycles. The van der Waals surface area contributed by atoms with Crippen molar-refractivity contribution < 1.29 is 18.3 Å². The highest BCUT2D eigenvalue weighted by Gasteiger charge is 2.19. The lowest BCUT2D eigenvalue weighted by atomic mass is 10.0.